The molecule has 0 saturated heterocycles. The van der Waals surface area contributed by atoms with Gasteiger partial charge in [-0.3, -0.25) is 9.36 Å². The number of rotatable bonds is 2. The normalized spacial score (nSPS) is 16.9. The van der Waals surface area contributed by atoms with Gasteiger partial charge in [0.15, 0.2) is 0 Å². The van der Waals surface area contributed by atoms with Crippen molar-refractivity contribution in [2.45, 2.75) is 45.6 Å². The van der Waals surface area contributed by atoms with Gasteiger partial charge in [-0.25, -0.2) is 4.98 Å². The average molecular weight is 221 g/mol. The smallest absolute Gasteiger partial charge is 0.257 e. The van der Waals surface area contributed by atoms with Crippen LogP contribution in [-0.4, -0.2) is 16.1 Å². The molecule has 4 heteroatoms. The highest BCUT2D eigenvalue weighted by Crippen LogP contribution is 2.17. The summed E-state index contributed by atoms with van der Waals surface area (Å²) < 4.78 is 1.74. The maximum Gasteiger partial charge on any atom is 0.257 e. The van der Waals surface area contributed by atoms with E-state index in [-0.39, 0.29) is 11.6 Å². The lowest BCUT2D eigenvalue weighted by molar-refractivity contribution is 0.499. The zero-order valence-electron chi connectivity index (χ0n) is 9.99. The third kappa shape index (κ3) is 1.78. The summed E-state index contributed by atoms with van der Waals surface area (Å²) in [4.78, 5) is 16.9. The van der Waals surface area contributed by atoms with Crippen molar-refractivity contribution in [1.29, 1.82) is 0 Å². The molecule has 1 aliphatic rings. The molecule has 1 atom stereocenters. The van der Waals surface area contributed by atoms with E-state index in [1.165, 1.54) is 0 Å². The summed E-state index contributed by atoms with van der Waals surface area (Å²) in [5.41, 5.74) is 7.68. The number of fused-ring (bicyclic) bond motifs is 1. The first-order valence-electron chi connectivity index (χ1n) is 5.96. The van der Waals surface area contributed by atoms with E-state index in [1.54, 1.807) is 4.57 Å². The first-order valence-corrected chi connectivity index (χ1v) is 5.96. The van der Waals surface area contributed by atoms with Gasteiger partial charge in [0.05, 0.1) is 5.69 Å². The highest BCUT2D eigenvalue weighted by molar-refractivity contribution is 5.21. The van der Waals surface area contributed by atoms with E-state index >= 15 is 0 Å². The lowest BCUT2D eigenvalue weighted by Crippen LogP contribution is -2.34. The summed E-state index contributed by atoms with van der Waals surface area (Å²) in [6, 6.07) is 0.0345. The van der Waals surface area contributed by atoms with E-state index in [1.807, 2.05) is 13.8 Å². The van der Waals surface area contributed by atoms with Crippen LogP contribution in [0.3, 0.4) is 0 Å². The topological polar surface area (TPSA) is 60.9 Å². The van der Waals surface area contributed by atoms with Crippen molar-refractivity contribution >= 4 is 0 Å². The Balaban J connectivity index is 2.59. The monoisotopic (exact) mass is 221 g/mol. The third-order valence-corrected chi connectivity index (χ3v) is 3.34. The summed E-state index contributed by atoms with van der Waals surface area (Å²) in [6.07, 6.45) is 4.07. The number of aryl methyl sites for hydroxylation is 2. The van der Waals surface area contributed by atoms with Crippen molar-refractivity contribution in [3.05, 3.63) is 27.4 Å². The third-order valence-electron chi connectivity index (χ3n) is 3.34. The van der Waals surface area contributed by atoms with Crippen LogP contribution in [0.15, 0.2) is 4.79 Å². The van der Waals surface area contributed by atoms with Crippen LogP contribution < -0.4 is 11.3 Å². The van der Waals surface area contributed by atoms with Crippen molar-refractivity contribution in [3.63, 3.8) is 0 Å². The van der Waals surface area contributed by atoms with E-state index in [4.69, 9.17) is 5.73 Å². The zero-order valence-corrected chi connectivity index (χ0v) is 9.99. The Bertz CT molecular complexity index is 450. The number of nitrogens with two attached hydrogens (primary N) is 1. The van der Waals surface area contributed by atoms with Gasteiger partial charge in [-0.2, -0.15) is 0 Å². The molecular weight excluding hydrogens is 202 g/mol. The van der Waals surface area contributed by atoms with E-state index in [0.717, 1.165) is 42.8 Å². The molecule has 1 unspecified atom stereocenters. The van der Waals surface area contributed by atoms with Crippen LogP contribution in [0.4, 0.5) is 0 Å². The standard InChI is InChI=1S/C12H19N3O/c1-8(7-13)15-9(2)14-11-6-4-3-5-10(11)12(15)16/h8H,3-7,13H2,1-2H3. The molecule has 0 amide bonds. The van der Waals surface area contributed by atoms with E-state index < -0.39 is 0 Å². The zero-order chi connectivity index (χ0) is 11.7. The van der Waals surface area contributed by atoms with Gasteiger partial charge in [0, 0.05) is 18.2 Å². The second kappa shape index (κ2) is 4.37. The molecule has 1 heterocycles. The predicted octanol–water partition coefficient (Wildman–Crippen LogP) is 0.950. The first kappa shape index (κ1) is 11.3. The van der Waals surface area contributed by atoms with Crippen LogP contribution in [0, 0.1) is 6.92 Å². The number of hydrogen-bond donors (Lipinski definition) is 1. The fraction of sp³-hybridized carbons (Fsp3) is 0.667. The largest absolute Gasteiger partial charge is 0.328 e. The van der Waals surface area contributed by atoms with Gasteiger partial charge in [-0.15, -0.1) is 0 Å². The van der Waals surface area contributed by atoms with E-state index in [0.29, 0.717) is 6.54 Å². The molecule has 0 bridgehead atoms. The second-order valence-corrected chi connectivity index (χ2v) is 4.55. The summed E-state index contributed by atoms with van der Waals surface area (Å²) in [5, 5.41) is 0. The highest BCUT2D eigenvalue weighted by Gasteiger charge is 2.19. The van der Waals surface area contributed by atoms with E-state index in [9.17, 15) is 4.79 Å². The van der Waals surface area contributed by atoms with Crippen molar-refractivity contribution in [1.82, 2.24) is 9.55 Å². The molecule has 0 saturated carbocycles. The highest BCUT2D eigenvalue weighted by atomic mass is 16.1. The lowest BCUT2D eigenvalue weighted by Gasteiger charge is -2.21. The Kier molecular flexibility index (Phi) is 3.10. The molecule has 0 aliphatic heterocycles. The molecule has 4 nitrogen and oxygen atoms in total. The van der Waals surface area contributed by atoms with Gasteiger partial charge in [-0.1, -0.05) is 0 Å². The molecule has 2 rings (SSSR count). The Morgan fingerprint density at radius 1 is 1.44 bits per heavy atom. The van der Waals surface area contributed by atoms with Gasteiger partial charge >= 0.3 is 0 Å². The number of hydrogen-bond acceptors (Lipinski definition) is 3. The van der Waals surface area contributed by atoms with Gasteiger partial charge in [0.25, 0.3) is 5.56 Å². The van der Waals surface area contributed by atoms with Gasteiger partial charge in [0.2, 0.25) is 0 Å². The molecule has 1 aliphatic carbocycles. The predicted molar refractivity (Wildman–Crippen MR) is 63.6 cm³/mol. The molecule has 0 spiro atoms. The molecular formula is C12H19N3O. The minimum atomic E-state index is 0.0345. The molecule has 0 radical (unpaired) electrons. The van der Waals surface area contributed by atoms with Crippen LogP contribution in [0.2, 0.25) is 0 Å². The molecule has 2 N–H and O–H groups in total. The molecule has 1 aromatic rings. The Morgan fingerprint density at radius 2 is 2.12 bits per heavy atom. The second-order valence-electron chi connectivity index (χ2n) is 4.55. The maximum atomic E-state index is 12.3. The maximum absolute atomic E-state index is 12.3. The Morgan fingerprint density at radius 3 is 2.81 bits per heavy atom. The molecule has 0 aromatic carbocycles. The summed E-state index contributed by atoms with van der Waals surface area (Å²) in [7, 11) is 0. The SMILES string of the molecule is Cc1nc2c(c(=O)n1C(C)CN)CCCC2. The molecule has 0 fully saturated rings. The van der Waals surface area contributed by atoms with Crippen molar-refractivity contribution < 1.29 is 0 Å². The van der Waals surface area contributed by atoms with Crippen LogP contribution in [0.25, 0.3) is 0 Å². The Labute approximate surface area is 95.5 Å². The van der Waals surface area contributed by atoms with Gasteiger partial charge in [0.1, 0.15) is 5.82 Å². The summed E-state index contributed by atoms with van der Waals surface area (Å²) in [5.74, 6) is 0.795. The van der Waals surface area contributed by atoms with Gasteiger partial charge in [-0.05, 0) is 39.5 Å². The summed E-state index contributed by atoms with van der Waals surface area (Å²) in [6.45, 7) is 4.33. The van der Waals surface area contributed by atoms with Crippen molar-refractivity contribution in [2.75, 3.05) is 6.54 Å². The minimum Gasteiger partial charge on any atom is -0.328 e. The number of aromatic nitrogens is 2. The quantitative estimate of drug-likeness (QED) is 0.808. The minimum absolute atomic E-state index is 0.0345. The molecule has 1 aromatic heterocycles. The van der Waals surface area contributed by atoms with E-state index in [2.05, 4.69) is 4.98 Å². The summed E-state index contributed by atoms with van der Waals surface area (Å²) >= 11 is 0. The van der Waals surface area contributed by atoms with Crippen LogP contribution in [0.1, 0.15) is 42.9 Å². The van der Waals surface area contributed by atoms with Crippen LogP contribution in [-0.2, 0) is 12.8 Å². The number of nitrogens with zero attached hydrogens (tertiary/aromatic N) is 2. The molecule has 88 valence electrons. The van der Waals surface area contributed by atoms with Gasteiger partial charge < -0.3 is 5.73 Å². The average Bonchev–Trinajstić information content (AvgIpc) is 2.28. The fourth-order valence-corrected chi connectivity index (χ4v) is 2.41. The van der Waals surface area contributed by atoms with Crippen LogP contribution in [0.5, 0.6) is 0 Å². The van der Waals surface area contributed by atoms with Crippen LogP contribution >= 0.6 is 0 Å². The Hall–Kier alpha value is -1.16. The van der Waals surface area contributed by atoms with Crippen molar-refractivity contribution in [2.24, 2.45) is 5.73 Å². The molecule has 16 heavy (non-hydrogen) atoms. The van der Waals surface area contributed by atoms with Crippen molar-refractivity contribution in [3.8, 4) is 0 Å². The fourth-order valence-electron chi connectivity index (χ4n) is 2.41. The lowest BCUT2D eigenvalue weighted by atomic mass is 9.97. The first-order chi connectivity index (χ1) is 7.65.